The van der Waals surface area contributed by atoms with Crippen molar-refractivity contribution in [2.45, 2.75) is 19.4 Å². The maximum absolute atomic E-state index is 12.3. The van der Waals surface area contributed by atoms with E-state index in [1.165, 1.54) is 0 Å². The van der Waals surface area contributed by atoms with Gasteiger partial charge in [-0.15, -0.1) is 0 Å². The minimum Gasteiger partial charge on any atom is -0.387 e. The lowest BCUT2D eigenvalue weighted by Crippen LogP contribution is -2.47. The summed E-state index contributed by atoms with van der Waals surface area (Å²) in [6.07, 6.45) is 0. The Morgan fingerprint density at radius 3 is 2.70 bits per heavy atom. The van der Waals surface area contributed by atoms with Crippen molar-refractivity contribution < 1.29 is 9.90 Å². The topological polar surface area (TPSA) is 65.5 Å². The Morgan fingerprint density at radius 1 is 1.39 bits per heavy atom. The maximum Gasteiger partial charge on any atom is 0.253 e. The molecule has 2 N–H and O–H groups in total. The van der Waals surface area contributed by atoms with E-state index in [0.29, 0.717) is 17.8 Å². The number of amides is 1. The van der Waals surface area contributed by atoms with E-state index < -0.39 is 5.60 Å². The van der Waals surface area contributed by atoms with Gasteiger partial charge in [-0.2, -0.15) is 11.3 Å². The lowest BCUT2D eigenvalue weighted by molar-refractivity contribution is 0.0325. The normalized spacial score (nSPS) is 13.8. The average molecular weight is 333 g/mol. The molecule has 0 bridgehead atoms. The quantitative estimate of drug-likeness (QED) is 0.850. The number of aromatic nitrogens is 1. The molecule has 2 heterocycles. The highest BCUT2D eigenvalue weighted by molar-refractivity contribution is 7.08. The van der Waals surface area contributed by atoms with Gasteiger partial charge in [0.15, 0.2) is 0 Å². The number of aryl methyl sites for hydroxylation is 1. The first-order valence-electron chi connectivity index (χ1n) is 7.44. The summed E-state index contributed by atoms with van der Waals surface area (Å²) in [4.78, 5) is 18.7. The molecule has 124 valence electrons. The molecule has 0 aliphatic heterocycles. The van der Waals surface area contributed by atoms with E-state index in [9.17, 15) is 9.90 Å². The molecule has 0 saturated carbocycles. The van der Waals surface area contributed by atoms with Gasteiger partial charge < -0.3 is 15.3 Å². The zero-order valence-corrected chi connectivity index (χ0v) is 14.8. The largest absolute Gasteiger partial charge is 0.387 e. The second kappa shape index (κ2) is 7.21. The second-order valence-corrected chi connectivity index (χ2v) is 7.04. The number of nitrogens with one attached hydrogen (secondary N) is 1. The van der Waals surface area contributed by atoms with Gasteiger partial charge >= 0.3 is 0 Å². The lowest BCUT2D eigenvalue weighted by Gasteiger charge is -2.27. The molecule has 23 heavy (non-hydrogen) atoms. The lowest BCUT2D eigenvalue weighted by atomic mass is 10.1. The zero-order valence-electron chi connectivity index (χ0n) is 14.0. The molecule has 5 nitrogen and oxygen atoms in total. The smallest absolute Gasteiger partial charge is 0.253 e. The van der Waals surface area contributed by atoms with Crippen LogP contribution in [0.1, 0.15) is 23.0 Å². The Morgan fingerprint density at radius 2 is 2.13 bits per heavy atom. The van der Waals surface area contributed by atoms with Gasteiger partial charge in [0, 0.05) is 24.0 Å². The zero-order chi connectivity index (χ0) is 17.0. The van der Waals surface area contributed by atoms with Crippen LogP contribution in [0.25, 0.3) is 11.3 Å². The number of hydrogen-bond donors (Lipinski definition) is 2. The molecular weight excluding hydrogens is 310 g/mol. The maximum atomic E-state index is 12.3. The molecular formula is C17H23N3O2S. The van der Waals surface area contributed by atoms with Crippen molar-refractivity contribution in [1.29, 1.82) is 0 Å². The fourth-order valence-corrected chi connectivity index (χ4v) is 3.12. The van der Waals surface area contributed by atoms with E-state index in [1.54, 1.807) is 24.3 Å². The molecule has 0 unspecified atom stereocenters. The summed E-state index contributed by atoms with van der Waals surface area (Å²) < 4.78 is 0. The summed E-state index contributed by atoms with van der Waals surface area (Å²) in [7, 11) is 3.76. The highest BCUT2D eigenvalue weighted by Gasteiger charge is 2.23. The van der Waals surface area contributed by atoms with E-state index in [2.05, 4.69) is 10.3 Å². The van der Waals surface area contributed by atoms with Crippen molar-refractivity contribution >= 4 is 17.2 Å². The SMILES string of the molecule is Cc1nc(-c2ccsc2)ccc1C(=O)NC[C@](C)(O)CN(C)C. The second-order valence-electron chi connectivity index (χ2n) is 6.26. The van der Waals surface area contributed by atoms with Crippen molar-refractivity contribution in [3.05, 3.63) is 40.2 Å². The minimum absolute atomic E-state index is 0.190. The van der Waals surface area contributed by atoms with Crippen LogP contribution < -0.4 is 5.32 Å². The van der Waals surface area contributed by atoms with Crippen molar-refractivity contribution in [2.24, 2.45) is 0 Å². The van der Waals surface area contributed by atoms with Crippen LogP contribution in [0.5, 0.6) is 0 Å². The van der Waals surface area contributed by atoms with Gasteiger partial charge in [0.05, 0.1) is 22.6 Å². The van der Waals surface area contributed by atoms with Crippen LogP contribution >= 0.6 is 11.3 Å². The summed E-state index contributed by atoms with van der Waals surface area (Å²) >= 11 is 1.62. The Hall–Kier alpha value is -1.76. The number of thiophene rings is 1. The fraction of sp³-hybridized carbons (Fsp3) is 0.412. The van der Waals surface area contributed by atoms with Crippen molar-refractivity contribution in [2.75, 3.05) is 27.2 Å². The van der Waals surface area contributed by atoms with E-state index in [0.717, 1.165) is 11.3 Å². The van der Waals surface area contributed by atoms with E-state index in [4.69, 9.17) is 0 Å². The number of nitrogens with zero attached hydrogens (tertiary/aromatic N) is 2. The molecule has 6 heteroatoms. The van der Waals surface area contributed by atoms with Gasteiger partial charge in [0.25, 0.3) is 5.91 Å². The number of likely N-dealkylation sites (N-methyl/N-ethyl adjacent to an activating group) is 1. The molecule has 0 aliphatic carbocycles. The van der Waals surface area contributed by atoms with Crippen LogP contribution in [0.15, 0.2) is 29.0 Å². The van der Waals surface area contributed by atoms with Crippen LogP contribution in [0, 0.1) is 6.92 Å². The summed E-state index contributed by atoms with van der Waals surface area (Å²) in [5, 5.41) is 17.1. The van der Waals surface area contributed by atoms with Crippen molar-refractivity contribution in [3.8, 4) is 11.3 Å². The molecule has 0 fully saturated rings. The number of pyridine rings is 1. The Kier molecular flexibility index (Phi) is 5.51. The van der Waals surface area contributed by atoms with Gasteiger partial charge in [-0.1, -0.05) is 0 Å². The Labute approximate surface area is 141 Å². The molecule has 2 rings (SSSR count). The molecule has 0 saturated heterocycles. The van der Waals surface area contributed by atoms with E-state index in [-0.39, 0.29) is 12.5 Å². The van der Waals surface area contributed by atoms with Gasteiger partial charge in [0.2, 0.25) is 0 Å². The number of aliphatic hydroxyl groups is 1. The predicted octanol–water partition coefficient (Wildman–Crippen LogP) is 2.16. The first-order chi connectivity index (χ1) is 10.8. The third-order valence-corrected chi connectivity index (χ3v) is 4.12. The van der Waals surface area contributed by atoms with E-state index >= 15 is 0 Å². The Bertz CT molecular complexity index is 666. The summed E-state index contributed by atoms with van der Waals surface area (Å²) in [6.45, 7) is 4.19. The predicted molar refractivity (Wildman–Crippen MR) is 93.8 cm³/mol. The van der Waals surface area contributed by atoms with Crippen LogP contribution in [-0.4, -0.2) is 53.7 Å². The molecule has 2 aromatic heterocycles. The first kappa shape index (κ1) is 17.6. The molecule has 1 amide bonds. The van der Waals surface area contributed by atoms with Crippen LogP contribution in [0.3, 0.4) is 0 Å². The highest BCUT2D eigenvalue weighted by Crippen LogP contribution is 2.21. The van der Waals surface area contributed by atoms with Gasteiger partial charge in [-0.05, 0) is 51.5 Å². The van der Waals surface area contributed by atoms with Gasteiger partial charge in [-0.25, -0.2) is 0 Å². The molecule has 0 radical (unpaired) electrons. The van der Waals surface area contributed by atoms with Crippen molar-refractivity contribution in [3.63, 3.8) is 0 Å². The molecule has 0 spiro atoms. The Balaban J connectivity index is 2.05. The number of rotatable bonds is 6. The first-order valence-corrected chi connectivity index (χ1v) is 8.38. The summed E-state index contributed by atoms with van der Waals surface area (Å²) in [5.74, 6) is -0.217. The summed E-state index contributed by atoms with van der Waals surface area (Å²) in [5.41, 5.74) is 2.15. The molecule has 2 aromatic rings. The monoisotopic (exact) mass is 333 g/mol. The number of carbonyl (C=O) groups excluding carboxylic acids is 1. The van der Waals surface area contributed by atoms with Crippen molar-refractivity contribution in [1.82, 2.24) is 15.2 Å². The standard InChI is InChI=1S/C17H23N3O2S/c1-12-14(5-6-15(19-12)13-7-8-23-9-13)16(21)18-10-17(2,22)11-20(3)4/h5-9,22H,10-11H2,1-4H3,(H,18,21)/t17-/m0/s1. The van der Waals surface area contributed by atoms with Crippen LogP contribution in [0.4, 0.5) is 0 Å². The average Bonchev–Trinajstić information content (AvgIpc) is 2.97. The van der Waals surface area contributed by atoms with Crippen LogP contribution in [-0.2, 0) is 0 Å². The fourth-order valence-electron chi connectivity index (χ4n) is 2.48. The van der Waals surface area contributed by atoms with E-state index in [1.807, 2.05) is 48.8 Å². The third kappa shape index (κ3) is 4.86. The molecule has 1 atom stereocenters. The highest BCUT2D eigenvalue weighted by atomic mass is 32.1. The number of carbonyl (C=O) groups is 1. The molecule has 0 aliphatic rings. The van der Waals surface area contributed by atoms with Crippen LogP contribution in [0.2, 0.25) is 0 Å². The third-order valence-electron chi connectivity index (χ3n) is 3.43. The van der Waals surface area contributed by atoms with Gasteiger partial charge in [0.1, 0.15) is 0 Å². The number of hydrogen-bond acceptors (Lipinski definition) is 5. The minimum atomic E-state index is -0.975. The summed E-state index contributed by atoms with van der Waals surface area (Å²) in [6, 6.07) is 5.64. The molecule has 0 aromatic carbocycles. The van der Waals surface area contributed by atoms with Gasteiger partial charge in [-0.3, -0.25) is 9.78 Å².